The predicted octanol–water partition coefficient (Wildman–Crippen LogP) is 4.92. The number of hydrogen-bond donors (Lipinski definition) is 2. The highest BCUT2D eigenvalue weighted by Gasteiger charge is 2.09. The highest BCUT2D eigenvalue weighted by Crippen LogP contribution is 2.28. The Labute approximate surface area is 170 Å². The topological polar surface area (TPSA) is 73.1 Å². The van der Waals surface area contributed by atoms with Crippen molar-refractivity contribution in [2.45, 2.75) is 13.2 Å². The van der Waals surface area contributed by atoms with E-state index in [1.807, 2.05) is 54.7 Å². The molecule has 144 valence electrons. The van der Waals surface area contributed by atoms with Crippen LogP contribution in [0.25, 0.3) is 11.1 Å². The number of benzene rings is 2. The summed E-state index contributed by atoms with van der Waals surface area (Å²) in [5.74, 6) is 1.30. The molecule has 0 atom stereocenters. The van der Waals surface area contributed by atoms with Gasteiger partial charge in [-0.1, -0.05) is 42.5 Å². The lowest BCUT2D eigenvalue weighted by Gasteiger charge is -2.15. The zero-order valence-electron chi connectivity index (χ0n) is 16.0. The van der Waals surface area contributed by atoms with E-state index in [0.717, 1.165) is 33.7 Å². The number of nitrogen functional groups attached to an aromatic ring is 1. The summed E-state index contributed by atoms with van der Waals surface area (Å²) in [5, 5.41) is 3.36. The van der Waals surface area contributed by atoms with Gasteiger partial charge in [0.15, 0.2) is 0 Å². The molecule has 3 N–H and O–H groups in total. The van der Waals surface area contributed by atoms with Gasteiger partial charge in [-0.15, -0.1) is 0 Å². The van der Waals surface area contributed by atoms with E-state index in [9.17, 15) is 0 Å². The van der Waals surface area contributed by atoms with Gasteiger partial charge >= 0.3 is 0 Å². The van der Waals surface area contributed by atoms with Crippen LogP contribution in [0.5, 0.6) is 5.75 Å². The normalized spacial score (nSPS) is 10.5. The lowest BCUT2D eigenvalue weighted by atomic mass is 10.0. The van der Waals surface area contributed by atoms with Crippen molar-refractivity contribution in [1.82, 2.24) is 9.97 Å². The molecule has 0 spiro atoms. The number of pyridine rings is 2. The summed E-state index contributed by atoms with van der Waals surface area (Å²) in [5.41, 5.74) is 11.1. The molecule has 2 aromatic carbocycles. The molecular formula is C24H22N4O. The minimum Gasteiger partial charge on any atom is -0.489 e. The molecule has 29 heavy (non-hydrogen) atoms. The van der Waals surface area contributed by atoms with Gasteiger partial charge in [-0.05, 0) is 41.5 Å². The minimum atomic E-state index is 0.475. The quantitative estimate of drug-likeness (QED) is 0.475. The fourth-order valence-electron chi connectivity index (χ4n) is 3.06. The summed E-state index contributed by atoms with van der Waals surface area (Å²) in [6.45, 7) is 1.07. The van der Waals surface area contributed by atoms with Crippen LogP contribution < -0.4 is 15.8 Å². The zero-order valence-corrected chi connectivity index (χ0v) is 16.0. The number of nitrogens with two attached hydrogens (primary N) is 1. The van der Waals surface area contributed by atoms with E-state index in [-0.39, 0.29) is 0 Å². The van der Waals surface area contributed by atoms with Crippen LogP contribution in [-0.2, 0) is 13.2 Å². The average molecular weight is 382 g/mol. The first-order valence-corrected chi connectivity index (χ1v) is 9.44. The summed E-state index contributed by atoms with van der Waals surface area (Å²) < 4.78 is 6.13. The molecule has 4 aromatic rings. The Hall–Kier alpha value is -3.86. The van der Waals surface area contributed by atoms with Gasteiger partial charge in [0, 0.05) is 36.3 Å². The summed E-state index contributed by atoms with van der Waals surface area (Å²) in [6, 6.07) is 24.1. The number of hydrogen-bond acceptors (Lipinski definition) is 5. The number of anilines is 2. The van der Waals surface area contributed by atoms with Gasteiger partial charge in [0.1, 0.15) is 18.2 Å². The highest BCUT2D eigenvalue weighted by molar-refractivity contribution is 5.66. The van der Waals surface area contributed by atoms with E-state index in [1.54, 1.807) is 12.4 Å². The Bertz CT molecular complexity index is 1070. The van der Waals surface area contributed by atoms with Crippen molar-refractivity contribution in [2.24, 2.45) is 0 Å². The number of rotatable bonds is 7. The van der Waals surface area contributed by atoms with Gasteiger partial charge in [-0.25, -0.2) is 4.98 Å². The predicted molar refractivity (Wildman–Crippen MR) is 116 cm³/mol. The first kappa shape index (κ1) is 18.5. The lowest BCUT2D eigenvalue weighted by Crippen LogP contribution is -2.06. The van der Waals surface area contributed by atoms with Gasteiger partial charge in [0.05, 0.1) is 5.69 Å². The largest absolute Gasteiger partial charge is 0.489 e. The van der Waals surface area contributed by atoms with Crippen molar-refractivity contribution in [2.75, 3.05) is 11.1 Å². The van der Waals surface area contributed by atoms with Gasteiger partial charge in [-0.3, -0.25) is 4.98 Å². The van der Waals surface area contributed by atoms with Crippen LogP contribution in [0.3, 0.4) is 0 Å². The molecular weight excluding hydrogens is 360 g/mol. The van der Waals surface area contributed by atoms with Gasteiger partial charge in [-0.2, -0.15) is 0 Å². The van der Waals surface area contributed by atoms with Crippen LogP contribution in [-0.4, -0.2) is 9.97 Å². The van der Waals surface area contributed by atoms with Crippen LogP contribution in [0.4, 0.5) is 11.5 Å². The van der Waals surface area contributed by atoms with Crippen molar-refractivity contribution in [3.8, 4) is 16.9 Å². The second kappa shape index (κ2) is 8.89. The van der Waals surface area contributed by atoms with Crippen LogP contribution in [0.15, 0.2) is 91.4 Å². The molecule has 5 heteroatoms. The molecule has 0 bridgehead atoms. The summed E-state index contributed by atoms with van der Waals surface area (Å²) in [6.07, 6.45) is 5.31. The molecule has 4 rings (SSSR count). The van der Waals surface area contributed by atoms with Crippen molar-refractivity contribution >= 4 is 11.5 Å². The molecule has 2 aromatic heterocycles. The highest BCUT2D eigenvalue weighted by atomic mass is 16.5. The third-order valence-electron chi connectivity index (χ3n) is 4.60. The van der Waals surface area contributed by atoms with Gasteiger partial charge < -0.3 is 15.8 Å². The van der Waals surface area contributed by atoms with E-state index in [4.69, 9.17) is 10.5 Å². The molecule has 0 radical (unpaired) electrons. The van der Waals surface area contributed by atoms with E-state index in [1.165, 1.54) is 0 Å². The van der Waals surface area contributed by atoms with Crippen LogP contribution in [0, 0.1) is 0 Å². The van der Waals surface area contributed by atoms with Gasteiger partial charge in [0.2, 0.25) is 0 Å². The number of ether oxygens (including phenoxy) is 1. The van der Waals surface area contributed by atoms with Gasteiger partial charge in [0.25, 0.3) is 0 Å². The Kier molecular flexibility index (Phi) is 5.67. The lowest BCUT2D eigenvalue weighted by molar-refractivity contribution is 0.303. The standard InChI is InChI=1S/C24H22N4O/c25-24-22(9-5-13-27-24)28-16-21-14-19(20-8-4-12-26-15-20)10-11-23(21)29-17-18-6-2-1-3-7-18/h1-15,28H,16-17H2,(H2,25,27). The number of aromatic nitrogens is 2. The Morgan fingerprint density at radius 1 is 0.862 bits per heavy atom. The summed E-state index contributed by atoms with van der Waals surface area (Å²) >= 11 is 0. The van der Waals surface area contributed by atoms with Crippen molar-refractivity contribution in [1.29, 1.82) is 0 Å². The zero-order chi connectivity index (χ0) is 19.9. The molecule has 0 fully saturated rings. The number of nitrogens with zero attached hydrogens (tertiary/aromatic N) is 2. The maximum Gasteiger partial charge on any atom is 0.146 e. The van der Waals surface area contributed by atoms with Crippen LogP contribution in [0.2, 0.25) is 0 Å². The third kappa shape index (κ3) is 4.71. The van der Waals surface area contributed by atoms with Crippen LogP contribution in [0.1, 0.15) is 11.1 Å². The van der Waals surface area contributed by atoms with E-state index in [0.29, 0.717) is 19.0 Å². The molecule has 0 saturated heterocycles. The Morgan fingerprint density at radius 2 is 1.72 bits per heavy atom. The van der Waals surface area contributed by atoms with Crippen molar-refractivity contribution in [3.63, 3.8) is 0 Å². The second-order valence-electron chi connectivity index (χ2n) is 6.63. The SMILES string of the molecule is Nc1ncccc1NCc1cc(-c2cccnc2)ccc1OCc1ccccc1. The monoisotopic (exact) mass is 382 g/mol. The van der Waals surface area contributed by atoms with E-state index >= 15 is 0 Å². The summed E-state index contributed by atoms with van der Waals surface area (Å²) in [7, 11) is 0. The molecule has 0 amide bonds. The first-order valence-electron chi connectivity index (χ1n) is 9.44. The first-order chi connectivity index (χ1) is 14.3. The summed E-state index contributed by atoms with van der Waals surface area (Å²) in [4.78, 5) is 8.35. The maximum absolute atomic E-state index is 6.13. The van der Waals surface area contributed by atoms with Crippen LogP contribution >= 0.6 is 0 Å². The maximum atomic E-state index is 6.13. The van der Waals surface area contributed by atoms with E-state index in [2.05, 4.69) is 39.6 Å². The minimum absolute atomic E-state index is 0.475. The average Bonchev–Trinajstić information content (AvgIpc) is 2.79. The fourth-order valence-corrected chi connectivity index (χ4v) is 3.06. The molecule has 2 heterocycles. The van der Waals surface area contributed by atoms with Crippen molar-refractivity contribution < 1.29 is 4.74 Å². The van der Waals surface area contributed by atoms with Crippen molar-refractivity contribution in [3.05, 3.63) is 103 Å². The molecule has 5 nitrogen and oxygen atoms in total. The van der Waals surface area contributed by atoms with E-state index < -0.39 is 0 Å². The Balaban J connectivity index is 1.59. The fraction of sp³-hybridized carbons (Fsp3) is 0.0833. The molecule has 0 unspecified atom stereocenters. The third-order valence-corrected chi connectivity index (χ3v) is 4.60. The number of nitrogens with one attached hydrogen (secondary N) is 1. The molecule has 0 aliphatic rings. The molecule has 0 aliphatic carbocycles. The molecule has 0 aliphatic heterocycles. The second-order valence-corrected chi connectivity index (χ2v) is 6.63. The molecule has 0 saturated carbocycles. The smallest absolute Gasteiger partial charge is 0.146 e. The Morgan fingerprint density at radius 3 is 2.52 bits per heavy atom.